The second kappa shape index (κ2) is 11.1. The van der Waals surface area contributed by atoms with Gasteiger partial charge in [0.1, 0.15) is 18.4 Å². The number of benzene rings is 2. The van der Waals surface area contributed by atoms with Gasteiger partial charge in [0, 0.05) is 13.1 Å². The molecule has 0 aliphatic heterocycles. The van der Waals surface area contributed by atoms with Crippen LogP contribution >= 0.6 is 0 Å². The quantitative estimate of drug-likeness (QED) is 0.453. The summed E-state index contributed by atoms with van der Waals surface area (Å²) in [6, 6.07) is 12.6. The molecule has 216 valence electrons. The van der Waals surface area contributed by atoms with Crippen molar-refractivity contribution >= 4 is 27.5 Å². The first-order valence-electron chi connectivity index (χ1n) is 14.4. The topological polar surface area (TPSA) is 86.8 Å². The van der Waals surface area contributed by atoms with Crippen LogP contribution in [0.5, 0.6) is 0 Å². The summed E-state index contributed by atoms with van der Waals surface area (Å²) < 4.78 is 40.5. The molecule has 6 rings (SSSR count). The third kappa shape index (κ3) is 5.90. The van der Waals surface area contributed by atoms with Crippen LogP contribution in [0.25, 0.3) is 0 Å². The molecule has 4 aliphatic carbocycles. The van der Waals surface area contributed by atoms with Crippen LogP contribution in [0.2, 0.25) is 0 Å². The molecule has 0 aromatic heterocycles. The third-order valence-corrected chi connectivity index (χ3v) is 10.4. The lowest BCUT2D eigenvalue weighted by atomic mass is 9.48. The maximum absolute atomic E-state index is 13.7. The Bertz CT molecular complexity index is 1310. The van der Waals surface area contributed by atoms with Crippen LogP contribution in [-0.2, 0) is 31.6 Å². The molecular weight excluding hydrogens is 529 g/mol. The van der Waals surface area contributed by atoms with E-state index in [1.807, 2.05) is 12.1 Å². The molecule has 2 aromatic rings. The minimum atomic E-state index is -3.80. The van der Waals surface area contributed by atoms with E-state index < -0.39 is 34.3 Å². The van der Waals surface area contributed by atoms with Gasteiger partial charge in [-0.25, -0.2) is 12.8 Å². The SMILES string of the molecule is CCNC(=O)C(C)N(Cc1ccc(F)cc1)C(=O)CN(c1ccc(C23CC4CC(CC(C4)C2)C3)cc1)S(C)(=O)=O. The van der Waals surface area contributed by atoms with Gasteiger partial charge in [0.15, 0.2) is 0 Å². The Hall–Kier alpha value is -2.94. The first-order chi connectivity index (χ1) is 19.0. The first kappa shape index (κ1) is 28.6. The Balaban J connectivity index is 1.38. The maximum atomic E-state index is 13.7. The van der Waals surface area contributed by atoms with E-state index in [0.717, 1.165) is 28.3 Å². The lowest BCUT2D eigenvalue weighted by molar-refractivity contribution is -0.139. The minimum absolute atomic E-state index is 0.0416. The van der Waals surface area contributed by atoms with Crippen LogP contribution in [0.3, 0.4) is 0 Å². The summed E-state index contributed by atoms with van der Waals surface area (Å²) in [7, 11) is -3.80. The molecule has 2 amide bonds. The zero-order valence-corrected chi connectivity index (χ0v) is 24.4. The summed E-state index contributed by atoms with van der Waals surface area (Å²) in [4.78, 5) is 27.7. The summed E-state index contributed by atoms with van der Waals surface area (Å²) in [6.45, 7) is 3.39. The fourth-order valence-corrected chi connectivity index (χ4v) is 8.60. The largest absolute Gasteiger partial charge is 0.355 e. The molecule has 1 N–H and O–H groups in total. The summed E-state index contributed by atoms with van der Waals surface area (Å²) >= 11 is 0. The molecule has 4 fully saturated rings. The molecule has 2 aromatic carbocycles. The Morgan fingerprint density at radius 1 is 0.975 bits per heavy atom. The van der Waals surface area contributed by atoms with Crippen molar-refractivity contribution in [2.75, 3.05) is 23.7 Å². The molecule has 4 bridgehead atoms. The Kier molecular flexibility index (Phi) is 7.97. The molecule has 0 spiro atoms. The van der Waals surface area contributed by atoms with E-state index in [0.29, 0.717) is 17.8 Å². The smallest absolute Gasteiger partial charge is 0.244 e. The standard InChI is InChI=1S/C31H40FN3O4S/c1-4-33-30(37)21(2)34(19-22-5-9-27(32)10-6-22)29(36)20-35(40(3,38)39)28-11-7-26(8-12-28)31-16-23-13-24(17-31)15-25(14-23)18-31/h5-12,21,23-25H,4,13-20H2,1-3H3,(H,33,37). The molecule has 0 saturated heterocycles. The van der Waals surface area contributed by atoms with Gasteiger partial charge >= 0.3 is 0 Å². The highest BCUT2D eigenvalue weighted by Gasteiger charge is 2.51. The van der Waals surface area contributed by atoms with Crippen LogP contribution < -0.4 is 9.62 Å². The zero-order chi connectivity index (χ0) is 28.7. The van der Waals surface area contributed by atoms with Gasteiger partial charge in [0.05, 0.1) is 11.9 Å². The highest BCUT2D eigenvalue weighted by atomic mass is 32.2. The van der Waals surface area contributed by atoms with Crippen LogP contribution in [0, 0.1) is 23.6 Å². The molecule has 9 heteroatoms. The van der Waals surface area contributed by atoms with E-state index in [4.69, 9.17) is 0 Å². The predicted octanol–water partition coefficient (Wildman–Crippen LogP) is 4.61. The normalized spacial score (nSPS) is 25.9. The summed E-state index contributed by atoms with van der Waals surface area (Å²) in [5.74, 6) is 1.14. The Labute approximate surface area is 237 Å². The molecule has 1 unspecified atom stereocenters. The Morgan fingerprint density at radius 2 is 1.52 bits per heavy atom. The number of nitrogens with zero attached hydrogens (tertiary/aromatic N) is 2. The molecule has 0 heterocycles. The zero-order valence-electron chi connectivity index (χ0n) is 23.6. The lowest BCUT2D eigenvalue weighted by Crippen LogP contribution is -2.51. The van der Waals surface area contributed by atoms with Crippen molar-refractivity contribution in [2.24, 2.45) is 17.8 Å². The molecule has 4 aliphatic rings. The van der Waals surface area contributed by atoms with Crippen LogP contribution in [0.4, 0.5) is 10.1 Å². The number of carbonyl (C=O) groups is 2. The average Bonchev–Trinajstić information content (AvgIpc) is 2.90. The number of amides is 2. The number of sulfonamides is 1. The van der Waals surface area contributed by atoms with Crippen molar-refractivity contribution in [1.29, 1.82) is 0 Å². The van der Waals surface area contributed by atoms with E-state index in [1.165, 1.54) is 61.1 Å². The fraction of sp³-hybridized carbons (Fsp3) is 0.548. The van der Waals surface area contributed by atoms with Gasteiger partial charge in [-0.3, -0.25) is 13.9 Å². The van der Waals surface area contributed by atoms with Crippen LogP contribution in [0.15, 0.2) is 48.5 Å². The lowest BCUT2D eigenvalue weighted by Gasteiger charge is -2.57. The summed E-state index contributed by atoms with van der Waals surface area (Å²) in [5.41, 5.74) is 2.53. The van der Waals surface area contributed by atoms with E-state index in [1.54, 1.807) is 26.0 Å². The second-order valence-electron chi connectivity index (χ2n) is 12.2. The minimum Gasteiger partial charge on any atom is -0.355 e. The van der Waals surface area contributed by atoms with Crippen molar-refractivity contribution in [3.8, 4) is 0 Å². The van der Waals surface area contributed by atoms with Gasteiger partial charge in [-0.2, -0.15) is 0 Å². The molecular formula is C31H40FN3O4S. The number of carbonyl (C=O) groups excluding carboxylic acids is 2. The maximum Gasteiger partial charge on any atom is 0.244 e. The number of rotatable bonds is 10. The van der Waals surface area contributed by atoms with Crippen molar-refractivity contribution in [2.45, 2.75) is 70.4 Å². The number of likely N-dealkylation sites (N-methyl/N-ethyl adjacent to an activating group) is 1. The van der Waals surface area contributed by atoms with Gasteiger partial charge in [0.25, 0.3) is 0 Å². The van der Waals surface area contributed by atoms with Crippen molar-refractivity contribution in [3.05, 3.63) is 65.5 Å². The van der Waals surface area contributed by atoms with E-state index in [2.05, 4.69) is 17.4 Å². The van der Waals surface area contributed by atoms with Crippen molar-refractivity contribution < 1.29 is 22.4 Å². The van der Waals surface area contributed by atoms with Crippen LogP contribution in [0.1, 0.15) is 63.5 Å². The predicted molar refractivity (Wildman–Crippen MR) is 154 cm³/mol. The third-order valence-electron chi connectivity index (χ3n) is 9.27. The molecule has 4 saturated carbocycles. The van der Waals surface area contributed by atoms with E-state index in [-0.39, 0.29) is 17.9 Å². The van der Waals surface area contributed by atoms with Gasteiger partial charge in [0.2, 0.25) is 21.8 Å². The number of hydrogen-bond acceptors (Lipinski definition) is 4. The average molecular weight is 570 g/mol. The van der Waals surface area contributed by atoms with Gasteiger partial charge in [-0.05, 0) is 111 Å². The van der Waals surface area contributed by atoms with Crippen LogP contribution in [-0.4, -0.2) is 50.5 Å². The van der Waals surface area contributed by atoms with E-state index in [9.17, 15) is 22.4 Å². The van der Waals surface area contributed by atoms with Gasteiger partial charge in [-0.1, -0.05) is 24.3 Å². The number of anilines is 1. The molecule has 0 radical (unpaired) electrons. The molecule has 40 heavy (non-hydrogen) atoms. The highest BCUT2D eigenvalue weighted by molar-refractivity contribution is 7.92. The van der Waals surface area contributed by atoms with E-state index >= 15 is 0 Å². The Morgan fingerprint density at radius 3 is 2.02 bits per heavy atom. The van der Waals surface area contributed by atoms with Gasteiger partial charge < -0.3 is 10.2 Å². The first-order valence-corrected chi connectivity index (χ1v) is 16.2. The summed E-state index contributed by atoms with van der Waals surface area (Å²) in [5, 5.41) is 2.73. The monoisotopic (exact) mass is 569 g/mol. The fourth-order valence-electron chi connectivity index (χ4n) is 7.75. The number of hydrogen-bond donors (Lipinski definition) is 1. The van der Waals surface area contributed by atoms with Crippen molar-refractivity contribution in [3.63, 3.8) is 0 Å². The number of nitrogens with one attached hydrogen (secondary N) is 1. The second-order valence-corrected chi connectivity index (χ2v) is 14.1. The number of halogens is 1. The van der Waals surface area contributed by atoms with Gasteiger partial charge in [-0.15, -0.1) is 0 Å². The van der Waals surface area contributed by atoms with Crippen molar-refractivity contribution in [1.82, 2.24) is 10.2 Å². The molecule has 7 nitrogen and oxygen atoms in total. The summed E-state index contributed by atoms with van der Waals surface area (Å²) in [6.07, 6.45) is 8.78. The highest BCUT2D eigenvalue weighted by Crippen LogP contribution is 2.60. The molecule has 1 atom stereocenters.